The maximum Gasteiger partial charge on any atom is 0.0402 e. The molecule has 1 nitrogen and oxygen atoms in total. The smallest absolute Gasteiger partial charge is 0.0402 e. The summed E-state index contributed by atoms with van der Waals surface area (Å²) in [4.78, 5) is 9.58. The van der Waals surface area contributed by atoms with Gasteiger partial charge in [0.1, 0.15) is 0 Å². The molecule has 0 atom stereocenters. The van der Waals surface area contributed by atoms with Gasteiger partial charge in [-0.05, 0) is 0 Å². The van der Waals surface area contributed by atoms with Crippen molar-refractivity contribution < 1.29 is 4.79 Å². The second-order valence-electron chi connectivity index (χ2n) is 0.506. The number of hydrogen-bond acceptors (Lipinski definition) is 2. The molecule has 0 aliphatic rings. The fraction of sp³-hybridized carbons (Fsp3) is 0.500. The van der Waals surface area contributed by atoms with E-state index in [1.165, 1.54) is 0 Å². The second-order valence-corrected chi connectivity index (χ2v) is 1.52. The first kappa shape index (κ1) is 5.37. The summed E-state index contributed by atoms with van der Waals surface area (Å²) in [5, 5.41) is 0.0486. The minimum Gasteiger partial charge on any atom is -0.741 e. The molecule has 0 aromatic heterocycles. The van der Waals surface area contributed by atoms with Crippen molar-refractivity contribution >= 4 is 33.7 Å². The van der Waals surface area contributed by atoms with Crippen LogP contribution in [-0.2, 0) is 17.4 Å². The molecule has 0 radical (unpaired) electrons. The van der Waals surface area contributed by atoms with Crippen molar-refractivity contribution in [2.24, 2.45) is 0 Å². The van der Waals surface area contributed by atoms with Crippen LogP contribution in [0.5, 0.6) is 0 Å². The molecule has 0 saturated carbocycles. The van der Waals surface area contributed by atoms with Gasteiger partial charge >= 0.3 is 0 Å². The summed E-state index contributed by atoms with van der Waals surface area (Å²) < 4.78 is 0. The van der Waals surface area contributed by atoms with Gasteiger partial charge in [-0.3, -0.25) is 0 Å². The molecule has 0 fully saturated rings. The average Bonchev–Trinajstić information content (AvgIpc) is 1.38. The van der Waals surface area contributed by atoms with Gasteiger partial charge in [-0.2, -0.15) is 0 Å². The van der Waals surface area contributed by atoms with E-state index < -0.39 is 0 Å². The van der Waals surface area contributed by atoms with Crippen LogP contribution in [-0.4, -0.2) is 10.4 Å². The zero-order chi connectivity index (χ0) is 4.28. The van der Waals surface area contributed by atoms with Crippen LogP contribution in [0.4, 0.5) is 0 Å². The Hall–Kier alpha value is 0.370. The highest BCUT2D eigenvalue weighted by molar-refractivity contribution is 9.09. The van der Waals surface area contributed by atoms with Crippen LogP contribution < -0.4 is 0 Å². The molecule has 0 heterocycles. The van der Waals surface area contributed by atoms with Crippen LogP contribution in [0.15, 0.2) is 0 Å². The van der Waals surface area contributed by atoms with E-state index in [0.29, 0.717) is 5.33 Å². The van der Waals surface area contributed by atoms with Crippen LogP contribution >= 0.6 is 15.9 Å². The minimum absolute atomic E-state index is 0.245. The largest absolute Gasteiger partial charge is 0.741 e. The van der Waals surface area contributed by atoms with E-state index in [9.17, 15) is 4.79 Å². The lowest BCUT2D eigenvalue weighted by atomic mass is 10.9. The molecule has 0 aliphatic heterocycles. The predicted octanol–water partition coefficient (Wildman–Crippen LogP) is 0.455. The standard InChI is InChI=1S/C2H3BrOS/c3-1-2(4)5/h1H2,(H,4,5)/p-1. The number of halogens is 1. The van der Waals surface area contributed by atoms with Crippen molar-refractivity contribution in [2.45, 2.75) is 0 Å². The first-order valence-corrected chi connectivity index (χ1v) is 2.56. The van der Waals surface area contributed by atoms with Crippen LogP contribution in [0.2, 0.25) is 0 Å². The number of carbonyl (C=O) groups is 1. The van der Waals surface area contributed by atoms with E-state index in [4.69, 9.17) is 0 Å². The predicted molar refractivity (Wildman–Crippen MR) is 26.2 cm³/mol. The van der Waals surface area contributed by atoms with Crippen molar-refractivity contribution in [1.82, 2.24) is 0 Å². The number of carbonyl (C=O) groups excluding carboxylic acids is 1. The number of hydrogen-bond donors (Lipinski definition) is 0. The summed E-state index contributed by atoms with van der Waals surface area (Å²) in [6.07, 6.45) is 0. The molecule has 0 saturated heterocycles. The molecule has 0 aliphatic carbocycles. The minimum atomic E-state index is -0.245. The summed E-state index contributed by atoms with van der Waals surface area (Å²) in [6, 6.07) is 0. The van der Waals surface area contributed by atoms with E-state index >= 15 is 0 Å². The van der Waals surface area contributed by atoms with Crippen molar-refractivity contribution in [2.75, 3.05) is 5.33 Å². The zero-order valence-electron chi connectivity index (χ0n) is 2.40. The highest BCUT2D eigenvalue weighted by Gasteiger charge is 1.66. The van der Waals surface area contributed by atoms with Crippen LogP contribution in [0.1, 0.15) is 0 Å². The first-order valence-electron chi connectivity index (χ1n) is 1.03. The summed E-state index contributed by atoms with van der Waals surface area (Å²) in [5.41, 5.74) is 0. The van der Waals surface area contributed by atoms with E-state index in [1.807, 2.05) is 0 Å². The van der Waals surface area contributed by atoms with Crippen LogP contribution in [0, 0.1) is 0 Å². The number of rotatable bonds is 1. The van der Waals surface area contributed by atoms with E-state index in [-0.39, 0.29) is 5.12 Å². The van der Waals surface area contributed by atoms with Gasteiger partial charge in [0.2, 0.25) is 0 Å². The maximum atomic E-state index is 9.58. The monoisotopic (exact) mass is 153 g/mol. The Morgan fingerprint density at radius 2 is 2.20 bits per heavy atom. The van der Waals surface area contributed by atoms with Crippen molar-refractivity contribution in [3.63, 3.8) is 0 Å². The Kier molecular flexibility index (Phi) is 2.79. The number of alkyl halides is 1. The van der Waals surface area contributed by atoms with Gasteiger partial charge in [-0.15, -0.1) is 0 Å². The summed E-state index contributed by atoms with van der Waals surface area (Å²) in [6.45, 7) is 0. The third kappa shape index (κ3) is 4.37. The summed E-state index contributed by atoms with van der Waals surface area (Å²) in [7, 11) is 0. The Morgan fingerprint density at radius 3 is 2.20 bits per heavy atom. The maximum absolute atomic E-state index is 9.58. The second kappa shape index (κ2) is 2.60. The lowest BCUT2D eigenvalue weighted by Crippen LogP contribution is -1.87. The van der Waals surface area contributed by atoms with Crippen LogP contribution in [0.3, 0.4) is 0 Å². The van der Waals surface area contributed by atoms with Gasteiger partial charge in [-0.25, -0.2) is 0 Å². The molecule has 0 bridgehead atoms. The fourth-order valence-corrected chi connectivity index (χ4v) is 0. The van der Waals surface area contributed by atoms with Crippen LogP contribution in [0.25, 0.3) is 0 Å². The van der Waals surface area contributed by atoms with E-state index in [1.54, 1.807) is 0 Å². The molecule has 0 spiro atoms. The molecule has 3 heteroatoms. The van der Waals surface area contributed by atoms with Gasteiger partial charge in [0, 0.05) is 10.4 Å². The third-order valence-electron chi connectivity index (χ3n) is 0.109. The highest BCUT2D eigenvalue weighted by atomic mass is 79.9. The fourth-order valence-electron chi connectivity index (χ4n) is 0. The Morgan fingerprint density at radius 1 is 2.00 bits per heavy atom. The Balaban J connectivity index is 2.85. The quantitative estimate of drug-likeness (QED) is 0.403. The average molecular weight is 154 g/mol. The molecule has 5 heavy (non-hydrogen) atoms. The molecular formula is C2H2BrOS-. The molecule has 0 aromatic carbocycles. The van der Waals surface area contributed by atoms with Crippen molar-refractivity contribution in [3.8, 4) is 0 Å². The molecule has 30 valence electrons. The summed E-state index contributed by atoms with van der Waals surface area (Å²) in [5.74, 6) is 0. The lowest BCUT2D eigenvalue weighted by molar-refractivity contribution is -0.108. The van der Waals surface area contributed by atoms with E-state index in [0.717, 1.165) is 0 Å². The van der Waals surface area contributed by atoms with Gasteiger partial charge in [0.05, 0.1) is 0 Å². The van der Waals surface area contributed by atoms with Gasteiger partial charge in [0.25, 0.3) is 0 Å². The van der Waals surface area contributed by atoms with Crippen molar-refractivity contribution in [3.05, 3.63) is 0 Å². The normalized spacial score (nSPS) is 7.40. The van der Waals surface area contributed by atoms with Gasteiger partial charge in [-0.1, -0.05) is 15.9 Å². The first-order chi connectivity index (χ1) is 2.27. The molecule has 0 N–H and O–H groups in total. The molecular weight excluding hydrogens is 152 g/mol. The lowest BCUT2D eigenvalue weighted by Gasteiger charge is -1.89. The van der Waals surface area contributed by atoms with E-state index in [2.05, 4.69) is 28.6 Å². The molecule has 0 amide bonds. The molecule has 0 aromatic rings. The molecule has 0 rings (SSSR count). The van der Waals surface area contributed by atoms with Gasteiger partial charge in [0.15, 0.2) is 0 Å². The Labute approximate surface area is 44.3 Å². The SMILES string of the molecule is O=C([S-])CBr. The Bertz CT molecular complexity index is 44.9. The third-order valence-corrected chi connectivity index (χ3v) is 1.13. The van der Waals surface area contributed by atoms with Gasteiger partial charge < -0.3 is 17.4 Å². The molecule has 0 unspecified atom stereocenters. The highest BCUT2D eigenvalue weighted by Crippen LogP contribution is 1.75. The van der Waals surface area contributed by atoms with Crippen molar-refractivity contribution in [1.29, 1.82) is 0 Å². The summed E-state index contributed by atoms with van der Waals surface area (Å²) >= 11 is 6.95. The zero-order valence-corrected chi connectivity index (χ0v) is 4.80. The topological polar surface area (TPSA) is 17.1 Å².